The fraction of sp³-hybridized carbons (Fsp3) is 0.308. The van der Waals surface area contributed by atoms with Gasteiger partial charge < -0.3 is 14.6 Å². The average Bonchev–Trinajstić information content (AvgIpc) is 2.75. The lowest BCUT2D eigenvalue weighted by Gasteiger charge is -2.30. The molecule has 0 spiro atoms. The van der Waals surface area contributed by atoms with Crippen molar-refractivity contribution < 1.29 is 4.74 Å². The van der Waals surface area contributed by atoms with Gasteiger partial charge in [-0.3, -0.25) is 0 Å². The van der Waals surface area contributed by atoms with E-state index < -0.39 is 0 Å². The fourth-order valence-corrected chi connectivity index (χ4v) is 2.13. The number of methoxy groups -OCH3 is 1. The molecular formula is C13H15N3O. The predicted octanol–water partition coefficient (Wildman–Crippen LogP) is 1.70. The zero-order chi connectivity index (χ0) is 11.7. The van der Waals surface area contributed by atoms with E-state index in [9.17, 15) is 0 Å². The number of benzene rings is 1. The maximum Gasteiger partial charge on any atom is 0.128 e. The minimum absolute atomic E-state index is 0.511. The van der Waals surface area contributed by atoms with Crippen LogP contribution in [0.15, 0.2) is 36.8 Å². The third kappa shape index (κ3) is 1.70. The number of aromatic nitrogens is 2. The summed E-state index contributed by atoms with van der Waals surface area (Å²) >= 11 is 0. The summed E-state index contributed by atoms with van der Waals surface area (Å²) in [6.45, 7) is 2.02. The highest BCUT2D eigenvalue weighted by atomic mass is 16.5. The standard InChI is InChI=1S/C13H15N3O/c1-17-13-5-3-2-4-11(13)12-8-15-9-16(12)10-6-14-7-10/h2-5,8-10,14H,6-7H2,1H3. The van der Waals surface area contributed by atoms with Gasteiger partial charge in [-0.05, 0) is 12.1 Å². The third-order valence-corrected chi connectivity index (χ3v) is 3.20. The summed E-state index contributed by atoms with van der Waals surface area (Å²) in [4.78, 5) is 4.26. The summed E-state index contributed by atoms with van der Waals surface area (Å²) in [7, 11) is 1.70. The molecule has 1 aliphatic rings. The van der Waals surface area contributed by atoms with Gasteiger partial charge in [0.2, 0.25) is 0 Å². The molecule has 4 heteroatoms. The molecule has 1 N–H and O–H groups in total. The molecule has 3 rings (SSSR count). The minimum Gasteiger partial charge on any atom is -0.496 e. The first-order valence-corrected chi connectivity index (χ1v) is 5.76. The number of rotatable bonds is 3. The summed E-state index contributed by atoms with van der Waals surface area (Å²) < 4.78 is 7.62. The Hall–Kier alpha value is -1.81. The van der Waals surface area contributed by atoms with Crippen molar-refractivity contribution in [1.29, 1.82) is 0 Å². The Bertz CT molecular complexity index is 517. The molecule has 0 amide bonds. The highest BCUT2D eigenvalue weighted by Gasteiger charge is 2.22. The molecule has 1 fully saturated rings. The smallest absolute Gasteiger partial charge is 0.128 e. The van der Waals surface area contributed by atoms with E-state index in [1.807, 2.05) is 30.7 Å². The molecule has 1 aromatic carbocycles. The van der Waals surface area contributed by atoms with Crippen LogP contribution >= 0.6 is 0 Å². The van der Waals surface area contributed by atoms with Crippen molar-refractivity contribution in [3.8, 4) is 17.0 Å². The van der Waals surface area contributed by atoms with Crippen molar-refractivity contribution >= 4 is 0 Å². The molecule has 2 aromatic rings. The quantitative estimate of drug-likeness (QED) is 0.870. The van der Waals surface area contributed by atoms with Gasteiger partial charge in [-0.15, -0.1) is 0 Å². The van der Waals surface area contributed by atoms with E-state index in [1.54, 1.807) is 7.11 Å². The second kappa shape index (κ2) is 4.22. The average molecular weight is 229 g/mol. The van der Waals surface area contributed by atoms with Crippen LogP contribution in [0.3, 0.4) is 0 Å². The van der Waals surface area contributed by atoms with Gasteiger partial charge in [0.05, 0.1) is 31.4 Å². The molecule has 0 bridgehead atoms. The molecule has 4 nitrogen and oxygen atoms in total. The van der Waals surface area contributed by atoms with Gasteiger partial charge in [-0.25, -0.2) is 4.98 Å². The van der Waals surface area contributed by atoms with Crippen LogP contribution in [0.25, 0.3) is 11.3 Å². The molecule has 0 saturated carbocycles. The first-order chi connectivity index (χ1) is 8.40. The number of nitrogens with one attached hydrogen (secondary N) is 1. The van der Waals surface area contributed by atoms with Gasteiger partial charge in [0.25, 0.3) is 0 Å². The number of imidazole rings is 1. The second-order valence-corrected chi connectivity index (χ2v) is 4.20. The van der Waals surface area contributed by atoms with Crippen molar-refractivity contribution in [3.05, 3.63) is 36.8 Å². The van der Waals surface area contributed by atoms with Gasteiger partial charge >= 0.3 is 0 Å². The zero-order valence-corrected chi connectivity index (χ0v) is 9.76. The number of hydrogen-bond acceptors (Lipinski definition) is 3. The SMILES string of the molecule is COc1ccccc1-c1cncn1C1CNC1. The monoisotopic (exact) mass is 229 g/mol. The van der Waals surface area contributed by atoms with Gasteiger partial charge in [0.15, 0.2) is 0 Å². The number of hydrogen-bond donors (Lipinski definition) is 1. The van der Waals surface area contributed by atoms with Crippen molar-refractivity contribution in [2.75, 3.05) is 20.2 Å². The van der Waals surface area contributed by atoms with Crippen LogP contribution in [0.4, 0.5) is 0 Å². The van der Waals surface area contributed by atoms with E-state index in [1.165, 1.54) is 0 Å². The number of ether oxygens (including phenoxy) is 1. The van der Waals surface area contributed by atoms with Crippen LogP contribution < -0.4 is 10.1 Å². The first kappa shape index (κ1) is 10.4. The Kier molecular flexibility index (Phi) is 2.57. The normalized spacial score (nSPS) is 15.6. The summed E-state index contributed by atoms with van der Waals surface area (Å²) in [5.74, 6) is 0.890. The number of nitrogens with zero attached hydrogens (tertiary/aromatic N) is 2. The summed E-state index contributed by atoms with van der Waals surface area (Å²) in [5, 5.41) is 3.28. The van der Waals surface area contributed by atoms with Crippen LogP contribution in [-0.2, 0) is 0 Å². The lowest BCUT2D eigenvalue weighted by atomic mass is 10.1. The zero-order valence-electron chi connectivity index (χ0n) is 9.76. The molecule has 0 unspecified atom stereocenters. The maximum atomic E-state index is 5.40. The largest absolute Gasteiger partial charge is 0.496 e. The van der Waals surface area contributed by atoms with Crippen LogP contribution in [-0.4, -0.2) is 29.8 Å². The topological polar surface area (TPSA) is 39.1 Å². The van der Waals surface area contributed by atoms with Crippen molar-refractivity contribution in [3.63, 3.8) is 0 Å². The van der Waals surface area contributed by atoms with Crippen molar-refractivity contribution in [2.24, 2.45) is 0 Å². The van der Waals surface area contributed by atoms with Crippen LogP contribution in [0, 0.1) is 0 Å². The third-order valence-electron chi connectivity index (χ3n) is 3.20. The van der Waals surface area contributed by atoms with E-state index in [4.69, 9.17) is 4.74 Å². The Morgan fingerprint density at radius 3 is 2.88 bits per heavy atom. The predicted molar refractivity (Wildman–Crippen MR) is 66.1 cm³/mol. The molecule has 1 saturated heterocycles. The second-order valence-electron chi connectivity index (χ2n) is 4.20. The Balaban J connectivity index is 2.05. The Morgan fingerprint density at radius 2 is 2.18 bits per heavy atom. The Labute approximate surface area is 100 Å². The van der Waals surface area contributed by atoms with E-state index >= 15 is 0 Å². The highest BCUT2D eigenvalue weighted by molar-refractivity contribution is 5.67. The Morgan fingerprint density at radius 1 is 1.35 bits per heavy atom. The molecule has 88 valence electrons. The van der Waals surface area contributed by atoms with E-state index in [0.29, 0.717) is 6.04 Å². The van der Waals surface area contributed by atoms with Crippen LogP contribution in [0.2, 0.25) is 0 Å². The van der Waals surface area contributed by atoms with E-state index in [2.05, 4.69) is 20.9 Å². The summed E-state index contributed by atoms with van der Waals surface area (Å²) in [5.41, 5.74) is 2.22. The van der Waals surface area contributed by atoms with Crippen molar-refractivity contribution in [1.82, 2.24) is 14.9 Å². The van der Waals surface area contributed by atoms with Gasteiger partial charge in [-0.1, -0.05) is 12.1 Å². The van der Waals surface area contributed by atoms with Gasteiger partial charge in [0.1, 0.15) is 5.75 Å². The summed E-state index contributed by atoms with van der Waals surface area (Å²) in [6, 6.07) is 8.56. The van der Waals surface area contributed by atoms with E-state index in [0.717, 1.165) is 30.1 Å². The molecule has 0 aliphatic carbocycles. The van der Waals surface area contributed by atoms with Crippen molar-refractivity contribution in [2.45, 2.75) is 6.04 Å². The first-order valence-electron chi connectivity index (χ1n) is 5.76. The minimum atomic E-state index is 0.511. The van der Waals surface area contributed by atoms with Crippen LogP contribution in [0.1, 0.15) is 6.04 Å². The molecule has 1 aromatic heterocycles. The van der Waals surface area contributed by atoms with Gasteiger partial charge in [-0.2, -0.15) is 0 Å². The molecule has 0 radical (unpaired) electrons. The highest BCUT2D eigenvalue weighted by Crippen LogP contribution is 2.31. The maximum absolute atomic E-state index is 5.40. The lowest BCUT2D eigenvalue weighted by molar-refractivity contribution is 0.345. The molecule has 17 heavy (non-hydrogen) atoms. The molecular weight excluding hydrogens is 214 g/mol. The summed E-state index contributed by atoms with van der Waals surface area (Å²) in [6.07, 6.45) is 3.80. The lowest BCUT2D eigenvalue weighted by Crippen LogP contribution is -2.43. The van der Waals surface area contributed by atoms with E-state index in [-0.39, 0.29) is 0 Å². The molecule has 1 aliphatic heterocycles. The van der Waals surface area contributed by atoms with Gasteiger partial charge in [0, 0.05) is 18.7 Å². The molecule has 0 atom stereocenters. The fourth-order valence-electron chi connectivity index (χ4n) is 2.13. The molecule has 2 heterocycles. The van der Waals surface area contributed by atoms with Crippen LogP contribution in [0.5, 0.6) is 5.75 Å². The number of para-hydroxylation sites is 1.